The minimum absolute atomic E-state index is 0.0205. The lowest BCUT2D eigenvalue weighted by molar-refractivity contribution is -0.0589. The molecular formula is C29H23F4N5O4. The summed E-state index contributed by atoms with van der Waals surface area (Å²) >= 11 is 0. The molecule has 9 nitrogen and oxygen atoms in total. The van der Waals surface area contributed by atoms with Crippen molar-refractivity contribution in [2.45, 2.75) is 38.6 Å². The van der Waals surface area contributed by atoms with Crippen LogP contribution in [0.1, 0.15) is 40.5 Å². The number of rotatable bonds is 10. The number of alkyl halides is 2. The van der Waals surface area contributed by atoms with E-state index in [0.717, 1.165) is 24.8 Å². The largest absolute Gasteiger partial charge is 0.478 e. The molecule has 42 heavy (non-hydrogen) atoms. The molecule has 216 valence electrons. The number of pyridine rings is 1. The van der Waals surface area contributed by atoms with Crippen molar-refractivity contribution >= 4 is 17.0 Å². The summed E-state index contributed by atoms with van der Waals surface area (Å²) in [6, 6.07) is 11.1. The number of fused-ring (bicyclic) bond motifs is 1. The molecule has 5 aromatic rings. The molecule has 13 heteroatoms. The van der Waals surface area contributed by atoms with Crippen molar-refractivity contribution in [2.24, 2.45) is 0 Å². The van der Waals surface area contributed by atoms with Crippen molar-refractivity contribution in [3.63, 3.8) is 0 Å². The Kier molecular flexibility index (Phi) is 7.33. The molecule has 1 fully saturated rings. The summed E-state index contributed by atoms with van der Waals surface area (Å²) in [5.74, 6) is -2.08. The fraction of sp³-hybridized carbons (Fsp3) is 0.241. The van der Waals surface area contributed by atoms with Crippen molar-refractivity contribution in [2.75, 3.05) is 6.61 Å². The van der Waals surface area contributed by atoms with Gasteiger partial charge in [0, 0.05) is 37.1 Å². The second kappa shape index (κ2) is 11.2. The van der Waals surface area contributed by atoms with Crippen LogP contribution < -0.4 is 4.74 Å². The second-order valence-electron chi connectivity index (χ2n) is 9.71. The Morgan fingerprint density at radius 2 is 1.93 bits per heavy atom. The molecule has 0 radical (unpaired) electrons. The zero-order chi connectivity index (χ0) is 29.4. The highest BCUT2D eigenvalue weighted by atomic mass is 19.3. The quantitative estimate of drug-likeness (QED) is 0.213. The summed E-state index contributed by atoms with van der Waals surface area (Å²) in [6.07, 6.45) is 3.02. The first kappa shape index (κ1) is 27.4. The molecule has 0 unspecified atom stereocenters. The Balaban J connectivity index is 1.27. The van der Waals surface area contributed by atoms with E-state index in [1.54, 1.807) is 10.6 Å². The van der Waals surface area contributed by atoms with Gasteiger partial charge in [0.15, 0.2) is 5.82 Å². The third kappa shape index (κ3) is 5.42. The number of aromatic carboxylic acids is 1. The molecular weight excluding hydrogens is 558 g/mol. The fourth-order valence-electron chi connectivity index (χ4n) is 4.78. The summed E-state index contributed by atoms with van der Waals surface area (Å²) in [5.41, 5.74) is 1.21. The van der Waals surface area contributed by atoms with E-state index >= 15 is 8.78 Å². The van der Waals surface area contributed by atoms with Gasteiger partial charge in [-0.2, -0.15) is 8.78 Å². The van der Waals surface area contributed by atoms with Gasteiger partial charge in [-0.05, 0) is 48.4 Å². The molecule has 0 spiro atoms. The number of hydrogen-bond acceptors (Lipinski definition) is 6. The minimum Gasteiger partial charge on any atom is -0.478 e. The van der Waals surface area contributed by atoms with E-state index in [-0.39, 0.29) is 53.2 Å². The lowest BCUT2D eigenvalue weighted by Gasteiger charge is -2.27. The van der Waals surface area contributed by atoms with Gasteiger partial charge in [0.25, 0.3) is 0 Å². The first-order valence-electron chi connectivity index (χ1n) is 13.0. The Bertz CT molecular complexity index is 1780. The molecule has 1 atom stereocenters. The molecule has 1 saturated heterocycles. The zero-order valence-electron chi connectivity index (χ0n) is 21.9. The average Bonchev–Trinajstić information content (AvgIpc) is 3.55. The molecule has 2 aromatic carbocycles. The first-order valence-corrected chi connectivity index (χ1v) is 13.0. The highest BCUT2D eigenvalue weighted by molar-refractivity contribution is 5.92. The lowest BCUT2D eigenvalue weighted by Crippen LogP contribution is -2.31. The standard InChI is InChI=1S/C29H23F4N5O4/c30-20-13-19(22-2-1-3-27(36-22)42-15-26-34-7-8-37(26)29(32)33)21(31)10-17(20)12-25-35-23-5-4-16(28(39)40)11-24(23)38(25)14-18-6-9-41-18/h1-5,7-8,10-11,13,18,29H,6,9,12,14-15H2,(H,39,40)/t18-/m0/s1. The van der Waals surface area contributed by atoms with Gasteiger partial charge >= 0.3 is 12.5 Å². The van der Waals surface area contributed by atoms with Crippen LogP contribution in [0.3, 0.4) is 0 Å². The van der Waals surface area contributed by atoms with Gasteiger partial charge in [0.1, 0.15) is 24.1 Å². The monoisotopic (exact) mass is 581 g/mol. The van der Waals surface area contributed by atoms with Gasteiger partial charge in [-0.25, -0.2) is 28.5 Å². The van der Waals surface area contributed by atoms with Gasteiger partial charge in [-0.15, -0.1) is 0 Å². The SMILES string of the molecule is O=C(O)c1ccc2nc(Cc3cc(F)c(-c4cccc(OCc5nccn5C(F)F)n4)cc3F)n(C[C@@H]3CCO3)c2c1. The van der Waals surface area contributed by atoms with E-state index in [0.29, 0.717) is 34.6 Å². The highest BCUT2D eigenvalue weighted by Gasteiger charge is 2.24. The third-order valence-corrected chi connectivity index (χ3v) is 7.05. The molecule has 6 rings (SSSR count). The normalized spacial score (nSPS) is 14.8. The van der Waals surface area contributed by atoms with E-state index in [2.05, 4.69) is 15.0 Å². The van der Waals surface area contributed by atoms with Crippen molar-refractivity contribution in [1.82, 2.24) is 24.1 Å². The van der Waals surface area contributed by atoms with Crippen molar-refractivity contribution in [3.8, 4) is 17.1 Å². The molecule has 1 aliphatic rings. The van der Waals surface area contributed by atoms with Crippen LogP contribution in [0.2, 0.25) is 0 Å². The number of halogens is 4. The Morgan fingerprint density at radius 3 is 2.67 bits per heavy atom. The number of hydrogen-bond donors (Lipinski definition) is 1. The number of carboxylic acid groups (broad SMARTS) is 1. The Morgan fingerprint density at radius 1 is 1.10 bits per heavy atom. The molecule has 1 aliphatic heterocycles. The van der Waals surface area contributed by atoms with E-state index in [4.69, 9.17) is 9.47 Å². The Hall–Kier alpha value is -4.78. The zero-order valence-corrected chi connectivity index (χ0v) is 21.9. The number of nitrogens with zero attached hydrogens (tertiary/aromatic N) is 5. The smallest absolute Gasteiger partial charge is 0.335 e. The maximum atomic E-state index is 15.4. The van der Waals surface area contributed by atoms with E-state index in [9.17, 15) is 18.7 Å². The van der Waals surface area contributed by atoms with Crippen molar-refractivity contribution < 1.29 is 36.9 Å². The summed E-state index contributed by atoms with van der Waals surface area (Å²) in [7, 11) is 0. The molecule has 0 saturated carbocycles. The first-order chi connectivity index (χ1) is 20.3. The van der Waals surface area contributed by atoms with Crippen LogP contribution in [0, 0.1) is 11.6 Å². The second-order valence-corrected chi connectivity index (χ2v) is 9.71. The lowest BCUT2D eigenvalue weighted by atomic mass is 10.0. The van der Waals surface area contributed by atoms with Crippen LogP contribution in [0.25, 0.3) is 22.3 Å². The number of aromatic nitrogens is 5. The van der Waals surface area contributed by atoms with Crippen LogP contribution in [0.5, 0.6) is 5.88 Å². The topological polar surface area (TPSA) is 104 Å². The molecule has 3 aromatic heterocycles. The van der Waals surface area contributed by atoms with Crippen molar-refractivity contribution in [1.29, 1.82) is 0 Å². The summed E-state index contributed by atoms with van der Waals surface area (Å²) in [6.45, 7) is -2.07. The van der Waals surface area contributed by atoms with E-state index < -0.39 is 24.2 Å². The minimum atomic E-state index is -2.79. The van der Waals surface area contributed by atoms with E-state index in [1.807, 2.05) is 0 Å². The number of carboxylic acids is 1. The van der Waals surface area contributed by atoms with Gasteiger partial charge in [0.2, 0.25) is 5.88 Å². The number of benzene rings is 2. The molecule has 0 aliphatic carbocycles. The Labute approximate surface area is 236 Å². The predicted octanol–water partition coefficient (Wildman–Crippen LogP) is 5.63. The summed E-state index contributed by atoms with van der Waals surface area (Å²) < 4.78 is 70.4. The van der Waals surface area contributed by atoms with Crippen LogP contribution in [-0.2, 0) is 24.3 Å². The van der Waals surface area contributed by atoms with E-state index in [1.165, 1.54) is 36.5 Å². The van der Waals surface area contributed by atoms with Crippen LogP contribution in [0.4, 0.5) is 17.6 Å². The average molecular weight is 582 g/mol. The summed E-state index contributed by atoms with van der Waals surface area (Å²) in [5, 5.41) is 9.43. The maximum absolute atomic E-state index is 15.4. The number of carbonyl (C=O) groups is 1. The van der Waals surface area contributed by atoms with Gasteiger partial charge in [-0.1, -0.05) is 6.07 Å². The molecule has 4 heterocycles. The molecule has 0 bridgehead atoms. The van der Waals surface area contributed by atoms with Crippen LogP contribution >= 0.6 is 0 Å². The highest BCUT2D eigenvalue weighted by Crippen LogP contribution is 2.29. The third-order valence-electron chi connectivity index (χ3n) is 7.05. The van der Waals surface area contributed by atoms with Crippen LogP contribution in [-0.4, -0.2) is 47.9 Å². The van der Waals surface area contributed by atoms with Crippen LogP contribution in [0.15, 0.2) is 60.9 Å². The number of ether oxygens (including phenoxy) is 2. The maximum Gasteiger partial charge on any atom is 0.335 e. The molecule has 0 amide bonds. The molecule has 1 N–H and O–H groups in total. The van der Waals surface area contributed by atoms with Gasteiger partial charge < -0.3 is 19.1 Å². The summed E-state index contributed by atoms with van der Waals surface area (Å²) in [4.78, 5) is 24.2. The number of imidazole rings is 2. The fourth-order valence-corrected chi connectivity index (χ4v) is 4.78. The van der Waals surface area contributed by atoms with Gasteiger partial charge in [-0.3, -0.25) is 4.57 Å². The van der Waals surface area contributed by atoms with Gasteiger partial charge in [0.05, 0.1) is 34.9 Å². The predicted molar refractivity (Wildman–Crippen MR) is 141 cm³/mol. The van der Waals surface area contributed by atoms with Crippen molar-refractivity contribution in [3.05, 3.63) is 95.3 Å².